The van der Waals surface area contributed by atoms with Gasteiger partial charge in [0.25, 0.3) is 0 Å². The summed E-state index contributed by atoms with van der Waals surface area (Å²) in [6, 6.07) is 0. The van der Waals surface area contributed by atoms with Gasteiger partial charge in [0, 0.05) is 30.6 Å². The third-order valence-corrected chi connectivity index (χ3v) is 9.77. The number of hydrogen-bond acceptors (Lipinski definition) is 4. The van der Waals surface area contributed by atoms with E-state index < -0.39 is 4.87 Å². The predicted molar refractivity (Wildman–Crippen MR) is 96.8 cm³/mol. The number of Topliss-reactive ketones (excluding diaryl/α,β-unsaturated/α-hetero) is 1. The zero-order valence-electron chi connectivity index (χ0n) is 15.8. The molecule has 0 aromatic heterocycles. The quantitative estimate of drug-likeness (QED) is 0.511. The Balaban J connectivity index is 1.48. The highest BCUT2D eigenvalue weighted by molar-refractivity contribution is 6.25. The van der Waals surface area contributed by atoms with E-state index in [9.17, 15) is 9.59 Å². The fraction of sp³-hybridized carbons (Fsp3) is 0.905. The van der Waals surface area contributed by atoms with Gasteiger partial charge in [-0.25, -0.2) is 0 Å². The molecule has 5 rings (SSSR count). The second-order valence-corrected chi connectivity index (χ2v) is 10.5. The molecule has 0 radical (unpaired) electrons. The molecule has 4 saturated carbocycles. The van der Waals surface area contributed by atoms with Gasteiger partial charge >= 0.3 is 5.97 Å². The summed E-state index contributed by atoms with van der Waals surface area (Å²) in [5, 5.41) is 0. The molecule has 0 N–H and O–H groups in total. The van der Waals surface area contributed by atoms with Crippen LogP contribution in [-0.2, 0) is 19.1 Å². The number of ketones is 1. The van der Waals surface area contributed by atoms with Gasteiger partial charge < -0.3 is 9.47 Å². The summed E-state index contributed by atoms with van der Waals surface area (Å²) in [5.74, 6) is 1.87. The highest BCUT2D eigenvalue weighted by atomic mass is 35.5. The van der Waals surface area contributed by atoms with Crippen LogP contribution in [0.5, 0.6) is 0 Å². The van der Waals surface area contributed by atoms with Gasteiger partial charge in [-0.05, 0) is 56.3 Å². The van der Waals surface area contributed by atoms with Crippen molar-refractivity contribution in [3.63, 3.8) is 0 Å². The highest BCUT2D eigenvalue weighted by Gasteiger charge is 2.72. The van der Waals surface area contributed by atoms with E-state index in [4.69, 9.17) is 21.1 Å². The lowest BCUT2D eigenvalue weighted by Gasteiger charge is -2.61. The van der Waals surface area contributed by atoms with Crippen molar-refractivity contribution in [3.05, 3.63) is 0 Å². The normalized spacial score (nSPS) is 55.0. The topological polar surface area (TPSA) is 52.6 Å². The first-order valence-corrected chi connectivity index (χ1v) is 10.7. The average Bonchev–Trinajstić information content (AvgIpc) is 2.95. The van der Waals surface area contributed by atoms with Crippen molar-refractivity contribution >= 4 is 23.4 Å². The molecular formula is C21H29ClO4. The van der Waals surface area contributed by atoms with Gasteiger partial charge in [0.2, 0.25) is 0 Å². The van der Waals surface area contributed by atoms with Crippen LogP contribution in [0.3, 0.4) is 0 Å². The van der Waals surface area contributed by atoms with Crippen LogP contribution in [0.15, 0.2) is 0 Å². The van der Waals surface area contributed by atoms with Crippen molar-refractivity contribution in [2.24, 2.45) is 28.6 Å². The molecule has 26 heavy (non-hydrogen) atoms. The predicted octanol–water partition coefficient (Wildman–Crippen LogP) is 3.88. The summed E-state index contributed by atoms with van der Waals surface area (Å²) >= 11 is 7.35. The van der Waals surface area contributed by atoms with Crippen molar-refractivity contribution in [2.45, 2.75) is 82.3 Å². The highest BCUT2D eigenvalue weighted by Crippen LogP contribution is 2.71. The van der Waals surface area contributed by atoms with Crippen LogP contribution in [0.4, 0.5) is 0 Å². The number of halogens is 1. The van der Waals surface area contributed by atoms with Crippen LogP contribution in [-0.4, -0.2) is 35.4 Å². The summed E-state index contributed by atoms with van der Waals surface area (Å²) < 4.78 is 11.9. The minimum Gasteiger partial charge on any atom is -0.462 e. The van der Waals surface area contributed by atoms with Crippen LogP contribution in [0.2, 0.25) is 0 Å². The Morgan fingerprint density at radius 1 is 1.23 bits per heavy atom. The molecule has 0 unspecified atom stereocenters. The number of hydrogen-bond donors (Lipinski definition) is 0. The SMILES string of the molecule is CC(=O)O[C@H]1CC[C@]23CO[C@H](C[C@@H]4[C@@H]2CC[C@]2(C)C(=O)CC[C@@H]42)[C@@]3(Cl)C1. The molecule has 1 aliphatic heterocycles. The number of carbonyl (C=O) groups excluding carboxylic acids is 2. The number of alkyl halides is 1. The van der Waals surface area contributed by atoms with Gasteiger partial charge in [0.05, 0.1) is 17.6 Å². The van der Waals surface area contributed by atoms with Crippen molar-refractivity contribution in [3.8, 4) is 0 Å². The standard InChI is InChI=1S/C21H29ClO4/c1-12(23)26-13-5-8-20-11-25-18(21(20,22)10-13)9-14-15-3-4-17(24)19(15,2)7-6-16(14)20/h13-16,18H,3-11H2,1-2H3/t13-,14-,15-,16-,18+,19-,20-,21-/m0/s1. The van der Waals surface area contributed by atoms with E-state index in [1.54, 1.807) is 0 Å². The number of rotatable bonds is 1. The first kappa shape index (κ1) is 17.5. The molecule has 5 aliphatic rings. The second kappa shape index (κ2) is 5.47. The maximum Gasteiger partial charge on any atom is 0.302 e. The van der Waals surface area contributed by atoms with Gasteiger partial charge in [-0.1, -0.05) is 6.92 Å². The minimum atomic E-state index is -0.414. The van der Waals surface area contributed by atoms with Gasteiger partial charge in [0.15, 0.2) is 0 Å². The molecule has 5 heteroatoms. The molecule has 4 aliphatic carbocycles. The van der Waals surface area contributed by atoms with Gasteiger partial charge in [0.1, 0.15) is 11.9 Å². The molecule has 1 saturated heterocycles. The minimum absolute atomic E-state index is 0.00818. The zero-order chi connectivity index (χ0) is 18.3. The third-order valence-electron chi connectivity index (χ3n) is 8.99. The van der Waals surface area contributed by atoms with Crippen LogP contribution in [0, 0.1) is 28.6 Å². The number of esters is 1. The van der Waals surface area contributed by atoms with E-state index in [-0.39, 0.29) is 29.0 Å². The zero-order valence-corrected chi connectivity index (χ0v) is 16.5. The molecule has 1 heterocycles. The summed E-state index contributed by atoms with van der Waals surface area (Å²) in [6.45, 7) is 4.43. The van der Waals surface area contributed by atoms with Crippen molar-refractivity contribution in [2.75, 3.05) is 6.61 Å². The lowest BCUT2D eigenvalue weighted by molar-refractivity contribution is -0.155. The Morgan fingerprint density at radius 3 is 2.81 bits per heavy atom. The molecular weight excluding hydrogens is 352 g/mol. The van der Waals surface area contributed by atoms with Crippen LogP contribution in [0.1, 0.15) is 65.2 Å². The molecule has 0 amide bonds. The lowest BCUT2D eigenvalue weighted by Crippen LogP contribution is -2.64. The number of carbonyl (C=O) groups is 2. The molecule has 0 aromatic carbocycles. The van der Waals surface area contributed by atoms with Crippen LogP contribution in [0.25, 0.3) is 0 Å². The van der Waals surface area contributed by atoms with Crippen LogP contribution >= 0.6 is 11.6 Å². The van der Waals surface area contributed by atoms with Crippen molar-refractivity contribution in [1.29, 1.82) is 0 Å². The van der Waals surface area contributed by atoms with Crippen molar-refractivity contribution in [1.82, 2.24) is 0 Å². The summed E-state index contributed by atoms with van der Waals surface area (Å²) in [4.78, 5) is 23.6. The van der Waals surface area contributed by atoms with E-state index in [0.717, 1.165) is 51.6 Å². The molecule has 0 spiro atoms. The van der Waals surface area contributed by atoms with Gasteiger partial charge in [-0.2, -0.15) is 0 Å². The van der Waals surface area contributed by atoms with Crippen molar-refractivity contribution < 1.29 is 19.1 Å². The average molecular weight is 381 g/mol. The van der Waals surface area contributed by atoms with E-state index in [2.05, 4.69) is 6.92 Å². The molecule has 0 aromatic rings. The van der Waals surface area contributed by atoms with E-state index in [1.165, 1.54) is 6.92 Å². The van der Waals surface area contributed by atoms with Crippen LogP contribution < -0.4 is 0 Å². The Kier molecular flexibility index (Phi) is 3.68. The Hall–Kier alpha value is -0.610. The second-order valence-electron chi connectivity index (χ2n) is 9.82. The maximum absolute atomic E-state index is 12.6. The molecule has 5 fully saturated rings. The molecule has 8 atom stereocenters. The third kappa shape index (κ3) is 2.01. The first-order chi connectivity index (χ1) is 12.3. The maximum atomic E-state index is 12.6. The van der Waals surface area contributed by atoms with E-state index in [0.29, 0.717) is 30.0 Å². The summed E-state index contributed by atoms with van der Waals surface area (Å²) in [6.07, 6.45) is 7.38. The summed E-state index contributed by atoms with van der Waals surface area (Å²) in [7, 11) is 0. The number of ether oxygens (including phenoxy) is 2. The lowest BCUT2D eigenvalue weighted by atomic mass is 9.45. The van der Waals surface area contributed by atoms with Gasteiger partial charge in [-0.3, -0.25) is 9.59 Å². The van der Waals surface area contributed by atoms with E-state index >= 15 is 0 Å². The Morgan fingerprint density at radius 2 is 2.04 bits per heavy atom. The largest absolute Gasteiger partial charge is 0.462 e. The Bertz CT molecular complexity index is 664. The fourth-order valence-electron chi connectivity index (χ4n) is 7.80. The number of fused-ring (bicyclic) bond motifs is 3. The molecule has 2 bridgehead atoms. The molecule has 4 nitrogen and oxygen atoms in total. The fourth-order valence-corrected chi connectivity index (χ4v) is 8.41. The van der Waals surface area contributed by atoms with E-state index in [1.807, 2.05) is 0 Å². The van der Waals surface area contributed by atoms with Gasteiger partial charge in [-0.15, -0.1) is 11.6 Å². The summed E-state index contributed by atoms with van der Waals surface area (Å²) in [5.41, 5.74) is -0.121. The Labute approximate surface area is 160 Å². The molecule has 144 valence electrons. The first-order valence-electron chi connectivity index (χ1n) is 10.3. The monoisotopic (exact) mass is 380 g/mol. The smallest absolute Gasteiger partial charge is 0.302 e.